The van der Waals surface area contributed by atoms with Crippen molar-refractivity contribution in [1.29, 1.82) is 0 Å². The summed E-state index contributed by atoms with van der Waals surface area (Å²) in [4.78, 5) is 31.1. The van der Waals surface area contributed by atoms with Gasteiger partial charge >= 0.3 is 5.97 Å². The molecule has 6 atom stereocenters. The van der Waals surface area contributed by atoms with Crippen LogP contribution in [0.2, 0.25) is 36.3 Å². The van der Waals surface area contributed by atoms with Crippen molar-refractivity contribution in [2.75, 3.05) is 0 Å². The van der Waals surface area contributed by atoms with Crippen LogP contribution in [0.25, 0.3) is 6.08 Å². The fraction of sp³-hybridized carbons (Fsp3) is 0.725. The van der Waals surface area contributed by atoms with Gasteiger partial charge in [-0.15, -0.1) is 0 Å². The van der Waals surface area contributed by atoms with Crippen molar-refractivity contribution < 1.29 is 33.0 Å². The third kappa shape index (κ3) is 13.2. The maximum atomic E-state index is 15.7. The predicted molar refractivity (Wildman–Crippen MR) is 210 cm³/mol. The summed E-state index contributed by atoms with van der Waals surface area (Å²) in [7, 11) is -5.02. The first kappa shape index (κ1) is 46.0. The number of carbonyl (C=O) groups is 2. The van der Waals surface area contributed by atoms with E-state index in [1.165, 1.54) is 5.57 Å². The van der Waals surface area contributed by atoms with Crippen molar-refractivity contribution in [2.45, 2.75) is 169 Å². The van der Waals surface area contributed by atoms with E-state index in [0.29, 0.717) is 12.8 Å². The molecule has 7 nitrogen and oxygen atoms in total. The normalized spacial score (nSPS) is 17.7. The molecule has 0 saturated carbocycles. The van der Waals surface area contributed by atoms with Gasteiger partial charge in [0.15, 0.2) is 16.6 Å². The van der Waals surface area contributed by atoms with E-state index < -0.39 is 58.4 Å². The molecule has 1 unspecified atom stereocenters. The molecule has 1 heterocycles. The van der Waals surface area contributed by atoms with Crippen molar-refractivity contribution in [2.24, 2.45) is 17.3 Å². The molecule has 0 spiro atoms. The van der Waals surface area contributed by atoms with Crippen LogP contribution >= 0.6 is 0 Å². The zero-order valence-corrected chi connectivity index (χ0v) is 35.9. The van der Waals surface area contributed by atoms with Gasteiger partial charge in [-0.3, -0.25) is 9.78 Å². The zero-order chi connectivity index (χ0) is 38.9. The lowest BCUT2D eigenvalue weighted by Crippen LogP contribution is -2.57. The van der Waals surface area contributed by atoms with Crippen molar-refractivity contribution in [1.82, 2.24) is 4.98 Å². The first-order valence-electron chi connectivity index (χ1n) is 18.4. The Bertz CT molecular complexity index is 1280. The highest BCUT2D eigenvalue weighted by Crippen LogP contribution is 2.45. The fourth-order valence-electron chi connectivity index (χ4n) is 5.55. The van der Waals surface area contributed by atoms with Crippen LogP contribution in [-0.4, -0.2) is 68.1 Å². The molecule has 0 radical (unpaired) electrons. The minimum absolute atomic E-state index is 0.00827. The van der Waals surface area contributed by atoms with Crippen LogP contribution in [0.4, 0.5) is 4.39 Å². The number of alkyl halides is 1. The predicted octanol–water partition coefficient (Wildman–Crippen LogP) is 10.4. The van der Waals surface area contributed by atoms with E-state index in [-0.39, 0.29) is 21.8 Å². The first-order valence-corrected chi connectivity index (χ1v) is 24.2. The van der Waals surface area contributed by atoms with Crippen LogP contribution in [-0.2, 0) is 18.4 Å². The number of halogens is 1. The lowest BCUT2D eigenvalue weighted by molar-refractivity contribution is -0.155. The highest BCUT2D eigenvalue weighted by atomic mass is 28.4. The molecule has 0 aliphatic heterocycles. The largest absolute Gasteiger partial charge is 0.479 e. The lowest BCUT2D eigenvalue weighted by atomic mass is 9.71. The fourth-order valence-corrected chi connectivity index (χ4v) is 8.38. The molecule has 0 fully saturated rings. The molecule has 2 N–H and O–H groups in total. The highest BCUT2D eigenvalue weighted by molar-refractivity contribution is 6.74. The minimum atomic E-state index is -2.66. The molecule has 0 bridgehead atoms. The van der Waals surface area contributed by atoms with E-state index in [4.69, 9.17) is 8.85 Å². The van der Waals surface area contributed by atoms with Gasteiger partial charge < -0.3 is 19.1 Å². The van der Waals surface area contributed by atoms with E-state index >= 15 is 4.39 Å². The summed E-state index contributed by atoms with van der Waals surface area (Å²) in [6.07, 6.45) is 6.05. The molecule has 1 rings (SSSR count). The number of rotatable bonds is 20. The van der Waals surface area contributed by atoms with Crippen LogP contribution in [0, 0.1) is 17.3 Å². The van der Waals surface area contributed by atoms with Crippen LogP contribution in [0.1, 0.15) is 114 Å². The average molecular weight is 736 g/mol. The number of allylic oxidation sites excluding steroid dienone is 1. The Balaban J connectivity index is 3.32. The molecular formula is C40H70FNO6Si2. The summed E-state index contributed by atoms with van der Waals surface area (Å²) < 4.78 is 29.2. The van der Waals surface area contributed by atoms with E-state index in [1.54, 1.807) is 26.1 Å². The molecule has 1 aromatic rings. The number of ketones is 1. The molecule has 10 heteroatoms. The maximum Gasteiger partial charge on any atom is 0.341 e. The number of hydrogen-bond acceptors (Lipinski definition) is 6. The highest BCUT2D eigenvalue weighted by Gasteiger charge is 2.53. The van der Waals surface area contributed by atoms with Crippen molar-refractivity contribution in [3.8, 4) is 0 Å². The quantitative estimate of drug-likeness (QED) is 0.101. The second-order valence-electron chi connectivity index (χ2n) is 17.8. The standard InChI is InChI=1S/C40H70FNO6Si2/c1-16-32(35(44)40(10,11)36(33(41)37(45)46)48-50(14,15)39(7,8)9)34(47-49(12,13)38(4,5)6)29(3)21-19-20-28(2)23-25-31(43)26-24-30-22-17-18-27-42-30/h17-18,22-24,26-27,29,31-34,36,43H,16,19-21,25H2,1-15H3,(H,45,46)/t29-,31-,32+,33?,34-,36+/m0/s1. The van der Waals surface area contributed by atoms with Gasteiger partial charge in [-0.25, -0.2) is 9.18 Å². The van der Waals surface area contributed by atoms with Gasteiger partial charge in [0.25, 0.3) is 0 Å². The number of aliphatic hydroxyl groups is 1. The topological polar surface area (TPSA) is 106 Å². The number of carboxylic acids is 1. The molecule has 0 saturated heterocycles. The average Bonchev–Trinajstić information content (AvgIpc) is 3.00. The minimum Gasteiger partial charge on any atom is -0.479 e. The van der Waals surface area contributed by atoms with Gasteiger partial charge in [0.05, 0.1) is 29.4 Å². The van der Waals surface area contributed by atoms with Crippen LogP contribution in [0.5, 0.6) is 0 Å². The van der Waals surface area contributed by atoms with Crippen LogP contribution in [0.3, 0.4) is 0 Å². The maximum absolute atomic E-state index is 15.7. The summed E-state index contributed by atoms with van der Waals surface area (Å²) in [5, 5.41) is 19.9. The second kappa shape index (κ2) is 18.7. The number of carbonyl (C=O) groups excluding carboxylic acids is 1. The molecule has 0 aliphatic carbocycles. The smallest absolute Gasteiger partial charge is 0.341 e. The molecule has 0 aromatic carbocycles. The monoisotopic (exact) mass is 735 g/mol. The van der Waals surface area contributed by atoms with Gasteiger partial charge in [-0.05, 0) is 99.4 Å². The molecule has 50 heavy (non-hydrogen) atoms. The number of hydrogen-bond donors (Lipinski definition) is 2. The van der Waals surface area contributed by atoms with Crippen LogP contribution < -0.4 is 0 Å². The van der Waals surface area contributed by atoms with Gasteiger partial charge in [-0.2, -0.15) is 0 Å². The molecule has 0 amide bonds. The van der Waals surface area contributed by atoms with Crippen molar-refractivity contribution in [3.63, 3.8) is 0 Å². The third-order valence-electron chi connectivity index (χ3n) is 11.2. The Kier molecular flexibility index (Phi) is 17.2. The zero-order valence-electron chi connectivity index (χ0n) is 33.9. The van der Waals surface area contributed by atoms with Gasteiger partial charge in [0.1, 0.15) is 5.78 Å². The third-order valence-corrected chi connectivity index (χ3v) is 20.1. The lowest BCUT2D eigenvalue weighted by Gasteiger charge is -2.47. The number of nitrogens with zero attached hydrogens (tertiary/aromatic N) is 1. The van der Waals surface area contributed by atoms with Crippen molar-refractivity contribution in [3.05, 3.63) is 47.8 Å². The Morgan fingerprint density at radius 2 is 1.54 bits per heavy atom. The van der Waals surface area contributed by atoms with Crippen molar-refractivity contribution >= 4 is 34.5 Å². The summed E-state index contributed by atoms with van der Waals surface area (Å²) in [6, 6.07) is 5.65. The molecule has 1 aromatic heterocycles. The summed E-state index contributed by atoms with van der Waals surface area (Å²) in [5.41, 5.74) is 0.559. The molecular weight excluding hydrogens is 666 g/mol. The summed E-state index contributed by atoms with van der Waals surface area (Å²) >= 11 is 0. The van der Waals surface area contributed by atoms with E-state index in [2.05, 4.69) is 58.8 Å². The number of aromatic nitrogens is 1. The first-order chi connectivity index (χ1) is 22.7. The Morgan fingerprint density at radius 1 is 0.980 bits per heavy atom. The Hall–Kier alpha value is -1.99. The number of pyridine rings is 1. The van der Waals surface area contributed by atoms with Gasteiger partial charge in [0, 0.05) is 12.1 Å². The van der Waals surface area contributed by atoms with Gasteiger partial charge in [-0.1, -0.05) is 93.0 Å². The SMILES string of the molecule is CC[C@@H](C(=O)C(C)(C)[C@H](O[Si](C)(C)C(C)(C)C)C(F)C(=O)O)[C@@H](O[Si](C)(C)C(C)(C)C)[C@@H](C)CCCC(C)=CC[C@H](O)C=Cc1ccccn1. The number of aliphatic hydroxyl groups excluding tert-OH is 1. The van der Waals surface area contributed by atoms with Crippen LogP contribution in [0.15, 0.2) is 42.1 Å². The molecule has 0 aliphatic rings. The van der Waals surface area contributed by atoms with E-state index in [0.717, 1.165) is 25.0 Å². The number of aliphatic carboxylic acids is 1. The Labute approximate surface area is 305 Å². The second-order valence-corrected chi connectivity index (χ2v) is 27.3. The van der Waals surface area contributed by atoms with Gasteiger partial charge in [0.2, 0.25) is 6.17 Å². The number of carboxylic acid groups (broad SMARTS) is 1. The number of Topliss-reactive ketones (excluding diaryl/α,β-unsaturated/α-hetero) is 1. The molecule has 286 valence electrons. The van der Waals surface area contributed by atoms with E-state index in [1.807, 2.05) is 65.1 Å². The van der Waals surface area contributed by atoms with E-state index in [9.17, 15) is 19.8 Å². The Morgan fingerprint density at radius 3 is 2.02 bits per heavy atom. The summed E-state index contributed by atoms with van der Waals surface area (Å²) in [6.45, 7) is 30.3. The summed E-state index contributed by atoms with van der Waals surface area (Å²) in [5.74, 6) is -2.40.